The maximum absolute atomic E-state index is 14.5. The van der Waals surface area contributed by atoms with Crippen molar-refractivity contribution in [2.45, 2.75) is 36.6 Å². The molecule has 1 aromatic heterocycles. The van der Waals surface area contributed by atoms with Gasteiger partial charge >= 0.3 is 0 Å². The zero-order valence-corrected chi connectivity index (χ0v) is 19.3. The van der Waals surface area contributed by atoms with Crippen molar-refractivity contribution in [2.75, 3.05) is 23.6 Å². The minimum atomic E-state index is -4.29. The highest BCUT2D eigenvalue weighted by Gasteiger charge is 2.24. The maximum atomic E-state index is 14.5. The second-order valence-electron chi connectivity index (χ2n) is 7.47. The third-order valence-corrected chi connectivity index (χ3v) is 8.03. The van der Waals surface area contributed by atoms with Crippen LogP contribution in [0, 0.1) is 10.9 Å². The Morgan fingerprint density at radius 1 is 1.29 bits per heavy atom. The second kappa shape index (κ2) is 9.03. The van der Waals surface area contributed by atoms with Crippen LogP contribution in [-0.4, -0.2) is 41.1 Å². The molecule has 156 valence electrons. The van der Waals surface area contributed by atoms with Crippen molar-refractivity contribution in [1.29, 1.82) is 0 Å². The summed E-state index contributed by atoms with van der Waals surface area (Å²) in [6.45, 7) is 7.28. The minimum absolute atomic E-state index is 0.0648. The highest BCUT2D eigenvalue weighted by atomic mass is 35.5. The summed E-state index contributed by atoms with van der Waals surface area (Å²) < 4.78 is 54.3. The molecule has 0 saturated carbocycles. The molecule has 0 bridgehead atoms. The number of rotatable bonds is 9. The average molecular weight is 469 g/mol. The molecular formula is C16H23ClF2N4O2S2Si. The number of halogens is 3. The normalized spacial score (nSPS) is 13.4. The first-order chi connectivity index (χ1) is 12.9. The lowest BCUT2D eigenvalue weighted by Crippen LogP contribution is -2.39. The smallest absolute Gasteiger partial charge is 0.266 e. The van der Waals surface area contributed by atoms with Crippen LogP contribution >= 0.6 is 22.9 Å². The Morgan fingerprint density at radius 3 is 2.50 bits per heavy atom. The van der Waals surface area contributed by atoms with Gasteiger partial charge in [0.2, 0.25) is 0 Å². The lowest BCUT2D eigenvalue weighted by molar-refractivity contribution is 0.570. The predicted molar refractivity (Wildman–Crippen MR) is 114 cm³/mol. The fraction of sp³-hybridized carbons (Fsp3) is 0.438. The number of aromatic nitrogens is 1. The summed E-state index contributed by atoms with van der Waals surface area (Å²) >= 11 is 6.67. The summed E-state index contributed by atoms with van der Waals surface area (Å²) in [6.07, 6.45) is 0.873. The van der Waals surface area contributed by atoms with Gasteiger partial charge in [0.25, 0.3) is 10.0 Å². The number of hydrogen-bond acceptors (Lipinski definition) is 6. The van der Waals surface area contributed by atoms with Gasteiger partial charge in [-0.3, -0.25) is 4.72 Å². The Hall–Kier alpha value is -1.27. The molecule has 0 radical (unpaired) electrons. The number of likely N-dealkylation sites (N-methyl/N-ethyl adjacent to an activating group) is 1. The Morgan fingerprint density at radius 2 is 1.96 bits per heavy atom. The monoisotopic (exact) mass is 468 g/mol. The van der Waals surface area contributed by atoms with E-state index in [9.17, 15) is 17.2 Å². The van der Waals surface area contributed by atoms with Gasteiger partial charge in [-0.25, -0.2) is 17.8 Å². The number of anilines is 2. The van der Waals surface area contributed by atoms with Crippen molar-refractivity contribution < 1.29 is 17.2 Å². The van der Waals surface area contributed by atoms with E-state index in [-0.39, 0.29) is 16.2 Å². The zero-order valence-electron chi connectivity index (χ0n) is 15.9. The standard InChI is InChI=1S/C16H23ClF2N4O2S2Si/c1-20-10(9-28(2,3)4)7-21-13-6-12(18)14(5-11(13)17)27(24,25)23-16-22-8-15(19)26-16/h5-6,8,10,20-21H,7,9H2,1-4H3,(H,22,23). The Labute approximate surface area is 173 Å². The number of nitrogens with one attached hydrogen (secondary N) is 3. The first-order valence-corrected chi connectivity index (χ1v) is 14.8. The summed E-state index contributed by atoms with van der Waals surface area (Å²) in [5.41, 5.74) is 0.300. The first kappa shape index (κ1) is 23.0. The lowest BCUT2D eigenvalue weighted by atomic mass is 10.2. The van der Waals surface area contributed by atoms with E-state index in [0.717, 1.165) is 24.4 Å². The molecule has 0 aliphatic carbocycles. The van der Waals surface area contributed by atoms with Crippen LogP contribution in [0.25, 0.3) is 0 Å². The van der Waals surface area contributed by atoms with E-state index < -0.39 is 33.9 Å². The third-order valence-electron chi connectivity index (χ3n) is 3.82. The molecule has 2 aromatic rings. The van der Waals surface area contributed by atoms with Crippen LogP contribution in [-0.2, 0) is 10.0 Å². The number of nitrogens with zero attached hydrogens (tertiary/aromatic N) is 1. The van der Waals surface area contributed by atoms with Gasteiger partial charge in [-0.2, -0.15) is 4.39 Å². The molecule has 1 unspecified atom stereocenters. The first-order valence-electron chi connectivity index (χ1n) is 8.45. The molecule has 0 aliphatic rings. The van der Waals surface area contributed by atoms with Gasteiger partial charge in [0.05, 0.1) is 16.9 Å². The molecule has 0 fully saturated rings. The molecule has 0 aliphatic heterocycles. The number of thiazole rings is 1. The van der Waals surface area contributed by atoms with Crippen LogP contribution in [0.5, 0.6) is 0 Å². The molecule has 1 atom stereocenters. The lowest BCUT2D eigenvalue weighted by Gasteiger charge is -2.25. The van der Waals surface area contributed by atoms with Gasteiger partial charge < -0.3 is 10.6 Å². The van der Waals surface area contributed by atoms with Crippen molar-refractivity contribution in [3.63, 3.8) is 0 Å². The van der Waals surface area contributed by atoms with Crippen LogP contribution in [0.4, 0.5) is 19.6 Å². The van der Waals surface area contributed by atoms with Gasteiger partial charge in [0, 0.05) is 20.7 Å². The van der Waals surface area contributed by atoms with Gasteiger partial charge in [-0.1, -0.05) is 42.6 Å². The van der Waals surface area contributed by atoms with Crippen LogP contribution in [0.1, 0.15) is 0 Å². The fourth-order valence-electron chi connectivity index (χ4n) is 2.59. The molecule has 6 nitrogen and oxygen atoms in total. The quantitative estimate of drug-likeness (QED) is 0.480. The molecule has 1 aromatic carbocycles. The summed E-state index contributed by atoms with van der Waals surface area (Å²) in [4.78, 5) is 2.93. The SMILES string of the molecule is CNC(CNc1cc(F)c(S(=O)(=O)Nc2ncc(F)s2)cc1Cl)C[Si](C)(C)C. The summed E-state index contributed by atoms with van der Waals surface area (Å²) in [5, 5.41) is 5.50. The Bertz CT molecular complexity index is 935. The summed E-state index contributed by atoms with van der Waals surface area (Å²) in [6, 6.07) is 3.26. The van der Waals surface area contributed by atoms with Gasteiger partial charge in [-0.05, 0) is 25.2 Å². The average Bonchev–Trinajstić information content (AvgIpc) is 2.96. The topological polar surface area (TPSA) is 83.1 Å². The second-order valence-corrected chi connectivity index (χ2v) is 16.0. The molecule has 0 saturated heterocycles. The summed E-state index contributed by atoms with van der Waals surface area (Å²) in [7, 11) is -3.74. The van der Waals surface area contributed by atoms with E-state index in [1.807, 2.05) is 11.8 Å². The van der Waals surface area contributed by atoms with Gasteiger partial charge in [-0.15, -0.1) is 0 Å². The summed E-state index contributed by atoms with van der Waals surface area (Å²) in [5.74, 6) is -0.970. The van der Waals surface area contributed by atoms with E-state index in [4.69, 9.17) is 11.6 Å². The van der Waals surface area contributed by atoms with Crippen molar-refractivity contribution in [1.82, 2.24) is 10.3 Å². The van der Waals surface area contributed by atoms with Crippen LogP contribution in [0.2, 0.25) is 30.7 Å². The van der Waals surface area contributed by atoms with Crippen molar-refractivity contribution in [2.24, 2.45) is 0 Å². The van der Waals surface area contributed by atoms with E-state index in [1.165, 1.54) is 0 Å². The third kappa shape index (κ3) is 6.38. The molecular weight excluding hydrogens is 446 g/mol. The van der Waals surface area contributed by atoms with Crippen LogP contribution < -0.4 is 15.4 Å². The predicted octanol–water partition coefficient (Wildman–Crippen LogP) is 4.21. The zero-order chi connectivity index (χ0) is 21.1. The van der Waals surface area contributed by atoms with E-state index in [0.29, 0.717) is 23.6 Å². The Kier molecular flexibility index (Phi) is 7.42. The maximum Gasteiger partial charge on any atom is 0.266 e. The van der Waals surface area contributed by atoms with Crippen molar-refractivity contribution in [3.8, 4) is 0 Å². The van der Waals surface area contributed by atoms with Crippen LogP contribution in [0.3, 0.4) is 0 Å². The number of benzene rings is 1. The molecule has 12 heteroatoms. The van der Waals surface area contributed by atoms with Gasteiger partial charge in [0.15, 0.2) is 10.3 Å². The van der Waals surface area contributed by atoms with Crippen molar-refractivity contribution >= 4 is 51.9 Å². The van der Waals surface area contributed by atoms with Crippen LogP contribution in [0.15, 0.2) is 23.2 Å². The molecule has 0 spiro atoms. The minimum Gasteiger partial charge on any atom is -0.382 e. The number of sulfonamides is 1. The number of hydrogen-bond donors (Lipinski definition) is 3. The highest BCUT2D eigenvalue weighted by molar-refractivity contribution is 7.93. The molecule has 0 amide bonds. The molecule has 28 heavy (non-hydrogen) atoms. The van der Waals surface area contributed by atoms with E-state index >= 15 is 0 Å². The Balaban J connectivity index is 2.17. The highest BCUT2D eigenvalue weighted by Crippen LogP contribution is 2.30. The largest absolute Gasteiger partial charge is 0.382 e. The molecule has 1 heterocycles. The van der Waals surface area contributed by atoms with E-state index in [2.05, 4.69) is 35.3 Å². The fourth-order valence-corrected chi connectivity index (χ4v) is 6.58. The van der Waals surface area contributed by atoms with E-state index in [1.54, 1.807) is 0 Å². The molecule has 3 N–H and O–H groups in total. The van der Waals surface area contributed by atoms with Crippen molar-refractivity contribution in [3.05, 3.63) is 34.3 Å². The molecule has 2 rings (SSSR count). The van der Waals surface area contributed by atoms with Gasteiger partial charge in [0.1, 0.15) is 10.7 Å².